The number of ether oxygens (including phenoxy) is 1. The number of fused-ring (bicyclic) bond motifs is 1. The van der Waals surface area contributed by atoms with Gasteiger partial charge in [0, 0.05) is 50.1 Å². The van der Waals surface area contributed by atoms with Crippen molar-refractivity contribution >= 4 is 44.3 Å². The van der Waals surface area contributed by atoms with Gasteiger partial charge in [-0.1, -0.05) is 53.2 Å². The molecule has 10 nitrogen and oxygen atoms in total. The number of piperazine rings is 1. The van der Waals surface area contributed by atoms with Crippen LogP contribution in [-0.4, -0.2) is 72.9 Å². The van der Waals surface area contributed by atoms with Crippen LogP contribution in [0.5, 0.6) is 0 Å². The van der Waals surface area contributed by atoms with Crippen molar-refractivity contribution in [1.29, 1.82) is 0 Å². The van der Waals surface area contributed by atoms with E-state index in [1.165, 1.54) is 11.4 Å². The summed E-state index contributed by atoms with van der Waals surface area (Å²) in [7, 11) is -2.47. The fraction of sp³-hybridized carbons (Fsp3) is 0.286. The van der Waals surface area contributed by atoms with E-state index in [9.17, 15) is 18.0 Å². The zero-order valence-electron chi connectivity index (χ0n) is 21.9. The van der Waals surface area contributed by atoms with Gasteiger partial charge in [0.2, 0.25) is 27.6 Å². The predicted octanol–water partition coefficient (Wildman–Crippen LogP) is 4.03. The van der Waals surface area contributed by atoms with Gasteiger partial charge in [-0.05, 0) is 40.6 Å². The molecule has 0 radical (unpaired) electrons. The highest BCUT2D eigenvalue weighted by atomic mass is 35.5. The summed E-state index contributed by atoms with van der Waals surface area (Å²) in [5, 5.41) is 6.09. The van der Waals surface area contributed by atoms with Crippen molar-refractivity contribution in [3.05, 3.63) is 77.1 Å². The normalized spacial score (nSPS) is 15.2. The third kappa shape index (κ3) is 5.72. The zero-order valence-corrected chi connectivity index (χ0v) is 23.5. The van der Waals surface area contributed by atoms with Crippen LogP contribution in [0.1, 0.15) is 23.8 Å². The van der Waals surface area contributed by atoms with E-state index in [-0.39, 0.29) is 43.4 Å². The summed E-state index contributed by atoms with van der Waals surface area (Å²) in [5.74, 6) is -0.738. The predicted molar refractivity (Wildman–Crippen MR) is 148 cm³/mol. The molecule has 1 aliphatic heterocycles. The summed E-state index contributed by atoms with van der Waals surface area (Å²) in [6.45, 7) is 2.42. The molecule has 5 rings (SSSR count). The summed E-state index contributed by atoms with van der Waals surface area (Å²) < 4.78 is 38.0. The Bertz CT molecular complexity index is 1660. The molecule has 0 saturated carbocycles. The standard InChI is InChI=1S/C28H27ClN4O6S/c1-18-30-27(31-39-18)20-5-3-19(4-6-20)25(28(35)38-2)17-26(34)32-11-13-33(14-12-32)40(36,37)24-10-8-21-15-23(29)9-7-22(21)16-24/h3-10,15-16,25H,11-14,17H2,1-2H3. The maximum Gasteiger partial charge on any atom is 0.313 e. The van der Waals surface area contributed by atoms with Crippen molar-refractivity contribution in [2.45, 2.75) is 24.2 Å². The van der Waals surface area contributed by atoms with Gasteiger partial charge in [0.25, 0.3) is 0 Å². The van der Waals surface area contributed by atoms with Crippen LogP contribution in [0.3, 0.4) is 0 Å². The number of hydrogen-bond donors (Lipinski definition) is 0. The number of hydrogen-bond acceptors (Lipinski definition) is 8. The van der Waals surface area contributed by atoms with Crippen LogP contribution in [0, 0.1) is 6.92 Å². The second kappa shape index (κ2) is 11.4. The largest absolute Gasteiger partial charge is 0.469 e. The highest BCUT2D eigenvalue weighted by Crippen LogP contribution is 2.28. The van der Waals surface area contributed by atoms with Gasteiger partial charge >= 0.3 is 5.97 Å². The third-order valence-corrected chi connectivity index (χ3v) is 9.10. The number of aromatic nitrogens is 2. The molecule has 1 unspecified atom stereocenters. The van der Waals surface area contributed by atoms with E-state index in [2.05, 4.69) is 10.1 Å². The average Bonchev–Trinajstić information content (AvgIpc) is 3.41. The van der Waals surface area contributed by atoms with Crippen molar-refractivity contribution in [2.75, 3.05) is 33.3 Å². The summed E-state index contributed by atoms with van der Waals surface area (Å²) in [6.07, 6.45) is -0.104. The SMILES string of the molecule is COC(=O)C(CC(=O)N1CCN(S(=O)(=O)c2ccc3cc(Cl)ccc3c2)CC1)c1ccc(-c2noc(C)n2)cc1. The summed E-state index contributed by atoms with van der Waals surface area (Å²) >= 11 is 6.04. The Labute approximate surface area is 236 Å². The first-order valence-electron chi connectivity index (χ1n) is 12.6. The number of aryl methyl sites for hydroxylation is 1. The van der Waals surface area contributed by atoms with Crippen LogP contribution >= 0.6 is 11.6 Å². The van der Waals surface area contributed by atoms with Gasteiger partial charge in [-0.3, -0.25) is 9.59 Å². The first-order chi connectivity index (χ1) is 19.2. The number of carbonyl (C=O) groups is 2. The van der Waals surface area contributed by atoms with Gasteiger partial charge in [0.05, 0.1) is 17.9 Å². The number of methoxy groups -OCH3 is 1. The quantitative estimate of drug-likeness (QED) is 0.299. The van der Waals surface area contributed by atoms with Crippen molar-refractivity contribution in [3.8, 4) is 11.4 Å². The lowest BCUT2D eigenvalue weighted by Gasteiger charge is -2.34. The van der Waals surface area contributed by atoms with Gasteiger partial charge in [-0.25, -0.2) is 8.42 Å². The van der Waals surface area contributed by atoms with Crippen molar-refractivity contribution in [1.82, 2.24) is 19.3 Å². The van der Waals surface area contributed by atoms with Crippen molar-refractivity contribution < 1.29 is 27.3 Å². The van der Waals surface area contributed by atoms with Gasteiger partial charge in [-0.2, -0.15) is 9.29 Å². The molecule has 3 aromatic carbocycles. The van der Waals surface area contributed by atoms with Crippen molar-refractivity contribution in [2.24, 2.45) is 0 Å². The second-order valence-corrected chi connectivity index (χ2v) is 11.9. The molecule has 0 N–H and O–H groups in total. The van der Waals surface area contributed by atoms with Gasteiger partial charge in [0.1, 0.15) is 0 Å². The highest BCUT2D eigenvalue weighted by Gasteiger charge is 2.33. The van der Waals surface area contributed by atoms with Crippen LogP contribution in [0.4, 0.5) is 0 Å². The lowest BCUT2D eigenvalue weighted by molar-refractivity contribution is -0.146. The van der Waals surface area contributed by atoms with E-state index in [4.69, 9.17) is 20.9 Å². The lowest BCUT2D eigenvalue weighted by Crippen LogP contribution is -2.50. The lowest BCUT2D eigenvalue weighted by atomic mass is 9.94. The third-order valence-electron chi connectivity index (χ3n) is 6.97. The molecule has 40 heavy (non-hydrogen) atoms. The minimum atomic E-state index is -3.75. The molecule has 1 saturated heterocycles. The van der Waals surface area contributed by atoms with E-state index >= 15 is 0 Å². The van der Waals surface area contributed by atoms with Crippen LogP contribution < -0.4 is 0 Å². The number of carbonyl (C=O) groups excluding carboxylic acids is 2. The van der Waals surface area contributed by atoms with Crippen LogP contribution in [0.2, 0.25) is 5.02 Å². The Morgan fingerprint density at radius 2 is 1.68 bits per heavy atom. The number of sulfonamides is 1. The molecule has 0 bridgehead atoms. The monoisotopic (exact) mass is 582 g/mol. The molecule has 12 heteroatoms. The van der Waals surface area contributed by atoms with Crippen LogP contribution in [0.15, 0.2) is 70.1 Å². The molecule has 2 heterocycles. The molecule has 1 fully saturated rings. The molecule has 0 spiro atoms. The summed E-state index contributed by atoms with van der Waals surface area (Å²) in [5.41, 5.74) is 1.33. The smallest absolute Gasteiger partial charge is 0.313 e. The maximum absolute atomic E-state index is 13.3. The molecular weight excluding hydrogens is 556 g/mol. The molecule has 1 aromatic heterocycles. The fourth-order valence-corrected chi connectivity index (χ4v) is 6.38. The Kier molecular flexibility index (Phi) is 7.88. The highest BCUT2D eigenvalue weighted by molar-refractivity contribution is 7.89. The Hall–Kier alpha value is -3.80. The zero-order chi connectivity index (χ0) is 28.4. The van der Waals surface area contributed by atoms with E-state index in [1.807, 2.05) is 0 Å². The molecule has 0 aliphatic carbocycles. The van der Waals surface area contributed by atoms with E-state index < -0.39 is 21.9 Å². The fourth-order valence-electron chi connectivity index (χ4n) is 4.75. The van der Waals surface area contributed by atoms with E-state index in [1.54, 1.807) is 72.5 Å². The number of esters is 1. The second-order valence-electron chi connectivity index (χ2n) is 9.48. The van der Waals surface area contributed by atoms with Crippen molar-refractivity contribution in [3.63, 3.8) is 0 Å². The molecular formula is C28H27ClN4O6S. The average molecular weight is 583 g/mol. The van der Waals surface area contributed by atoms with Gasteiger partial charge in [-0.15, -0.1) is 0 Å². The number of benzene rings is 3. The maximum atomic E-state index is 13.3. The van der Waals surface area contributed by atoms with E-state index in [0.717, 1.165) is 10.8 Å². The minimum Gasteiger partial charge on any atom is -0.469 e. The van der Waals surface area contributed by atoms with Crippen LogP contribution in [0.25, 0.3) is 22.2 Å². The first-order valence-corrected chi connectivity index (χ1v) is 14.4. The summed E-state index contributed by atoms with van der Waals surface area (Å²) in [4.78, 5) is 31.8. The van der Waals surface area contributed by atoms with E-state index in [0.29, 0.717) is 27.9 Å². The molecule has 1 aliphatic rings. The topological polar surface area (TPSA) is 123 Å². The van der Waals surface area contributed by atoms with Gasteiger partial charge in [0.15, 0.2) is 0 Å². The minimum absolute atomic E-state index is 0.104. The Balaban J connectivity index is 1.25. The molecule has 1 amide bonds. The van der Waals surface area contributed by atoms with Crippen LogP contribution in [-0.2, 0) is 24.3 Å². The molecule has 208 valence electrons. The molecule has 4 aromatic rings. The molecule has 1 atom stereocenters. The number of nitrogens with zero attached hydrogens (tertiary/aromatic N) is 4. The Morgan fingerprint density at radius 3 is 2.33 bits per heavy atom. The summed E-state index contributed by atoms with van der Waals surface area (Å²) in [6, 6.07) is 17.2. The Morgan fingerprint density at radius 1 is 1.00 bits per heavy atom. The number of rotatable bonds is 7. The number of amides is 1. The first kappa shape index (κ1) is 27.8. The number of halogens is 1. The van der Waals surface area contributed by atoms with Gasteiger partial charge < -0.3 is 14.2 Å².